The molecule has 120 valence electrons. The summed E-state index contributed by atoms with van der Waals surface area (Å²) < 4.78 is 6.99. The van der Waals surface area contributed by atoms with E-state index in [0.29, 0.717) is 16.3 Å². The second-order valence-electron chi connectivity index (χ2n) is 7.61. The number of aliphatic imine (C=N–C) groups is 1. The molecule has 6 rings (SSSR count). The van der Waals surface area contributed by atoms with Crippen LogP contribution in [0.4, 0.5) is 5.13 Å². The molecule has 1 spiro atoms. The van der Waals surface area contributed by atoms with Crippen molar-refractivity contribution in [1.29, 1.82) is 0 Å². The molecule has 1 aromatic rings. The zero-order valence-electron chi connectivity index (χ0n) is 13.4. The molecule has 1 aromatic heterocycles. The first-order valence-electron chi connectivity index (χ1n) is 8.78. The lowest BCUT2D eigenvalue weighted by molar-refractivity contribution is -0.845. The molecule has 23 heavy (non-hydrogen) atoms. The predicted octanol–water partition coefficient (Wildman–Crippen LogP) is 1.88. The van der Waals surface area contributed by atoms with Crippen LogP contribution in [-0.2, 0) is 17.6 Å². The molecular formula is C16H22BN4OS+. The number of thiazole rings is 1. The van der Waals surface area contributed by atoms with Crippen LogP contribution in [0.5, 0.6) is 0 Å². The molecular weight excluding hydrogens is 307 g/mol. The average Bonchev–Trinajstić information content (AvgIpc) is 3.11. The van der Waals surface area contributed by atoms with Crippen molar-refractivity contribution in [2.75, 3.05) is 31.5 Å². The first kappa shape index (κ1) is 14.3. The summed E-state index contributed by atoms with van der Waals surface area (Å²) in [4.78, 5) is 10.8. The second-order valence-corrected chi connectivity index (χ2v) is 8.69. The van der Waals surface area contributed by atoms with Crippen LogP contribution in [0, 0.1) is 5.92 Å². The van der Waals surface area contributed by atoms with E-state index < -0.39 is 0 Å². The first-order chi connectivity index (χ1) is 11.1. The smallest absolute Gasteiger partial charge is 0.450 e. The number of nitrogens with one attached hydrogen (secondary N) is 1. The number of amidine groups is 1. The number of hydrogen-bond donors (Lipinski definition) is 1. The van der Waals surface area contributed by atoms with Crippen LogP contribution in [0.1, 0.15) is 36.3 Å². The minimum absolute atomic E-state index is 0.176. The molecule has 5 heterocycles. The van der Waals surface area contributed by atoms with E-state index in [1.807, 2.05) is 0 Å². The van der Waals surface area contributed by atoms with E-state index in [0.717, 1.165) is 50.6 Å². The average molecular weight is 329 g/mol. The Morgan fingerprint density at radius 1 is 1.26 bits per heavy atom. The highest BCUT2D eigenvalue weighted by Gasteiger charge is 2.57. The van der Waals surface area contributed by atoms with Crippen molar-refractivity contribution < 1.29 is 9.13 Å². The Morgan fingerprint density at radius 3 is 2.87 bits per heavy atom. The van der Waals surface area contributed by atoms with Gasteiger partial charge in [0.25, 0.3) is 6.02 Å². The van der Waals surface area contributed by atoms with E-state index in [-0.39, 0.29) is 5.60 Å². The monoisotopic (exact) mass is 329 g/mol. The summed E-state index contributed by atoms with van der Waals surface area (Å²) in [5, 5.41) is 4.26. The lowest BCUT2D eigenvalue weighted by Gasteiger charge is -2.55. The number of aryl methyl sites for hydroxylation is 2. The van der Waals surface area contributed by atoms with Gasteiger partial charge in [-0.3, -0.25) is 5.32 Å². The molecule has 5 aliphatic rings. The minimum atomic E-state index is -0.176. The fourth-order valence-electron chi connectivity index (χ4n) is 4.75. The summed E-state index contributed by atoms with van der Waals surface area (Å²) in [5.74, 6) is 0.596. The van der Waals surface area contributed by atoms with Gasteiger partial charge in [0.2, 0.25) is 0 Å². The van der Waals surface area contributed by atoms with Crippen LogP contribution in [-0.4, -0.2) is 55.2 Å². The summed E-state index contributed by atoms with van der Waals surface area (Å²) in [6.07, 6.45) is 7.14. The van der Waals surface area contributed by atoms with Gasteiger partial charge in [-0.15, -0.1) is 11.3 Å². The predicted molar refractivity (Wildman–Crippen MR) is 91.8 cm³/mol. The zero-order valence-corrected chi connectivity index (χ0v) is 14.2. The number of piperidine rings is 3. The van der Waals surface area contributed by atoms with Crippen LogP contribution in [0.25, 0.3) is 0 Å². The summed E-state index contributed by atoms with van der Waals surface area (Å²) in [5.41, 5.74) is 1.09. The first-order valence-corrected chi connectivity index (χ1v) is 9.60. The molecule has 1 atom stereocenters. The van der Waals surface area contributed by atoms with E-state index in [9.17, 15) is 0 Å². The van der Waals surface area contributed by atoms with Crippen LogP contribution < -0.4 is 5.32 Å². The van der Waals surface area contributed by atoms with Gasteiger partial charge in [-0.05, 0) is 25.7 Å². The molecule has 2 radical (unpaired) electrons. The Labute approximate surface area is 142 Å². The van der Waals surface area contributed by atoms with Crippen LogP contribution in [0.3, 0.4) is 0 Å². The van der Waals surface area contributed by atoms with Gasteiger partial charge in [-0.1, -0.05) is 0 Å². The van der Waals surface area contributed by atoms with Crippen molar-refractivity contribution in [3.05, 3.63) is 10.6 Å². The maximum atomic E-state index is 6.49. The molecule has 5 nitrogen and oxygen atoms in total. The Morgan fingerprint density at radius 2 is 2.09 bits per heavy atom. The summed E-state index contributed by atoms with van der Waals surface area (Å²) in [6.45, 7) is 3.79. The number of nitrogens with zero attached hydrogens (tertiary/aromatic N) is 3. The normalized spacial score (nSPS) is 38.3. The van der Waals surface area contributed by atoms with Gasteiger partial charge >= 0.3 is 7.98 Å². The molecule has 4 aliphatic heterocycles. The molecule has 1 N–H and O–H groups in total. The van der Waals surface area contributed by atoms with E-state index >= 15 is 0 Å². The lowest BCUT2D eigenvalue weighted by Crippen LogP contribution is -2.69. The van der Waals surface area contributed by atoms with Crippen molar-refractivity contribution in [3.63, 3.8) is 0 Å². The molecule has 3 saturated heterocycles. The van der Waals surface area contributed by atoms with E-state index in [1.165, 1.54) is 29.8 Å². The summed E-state index contributed by atoms with van der Waals surface area (Å²) in [6, 6.07) is 0.649. The highest BCUT2D eigenvalue weighted by Crippen LogP contribution is 2.43. The summed E-state index contributed by atoms with van der Waals surface area (Å²) >= 11 is 1.76. The number of aromatic nitrogens is 1. The number of fused-ring (bicyclic) bond motifs is 3. The largest absolute Gasteiger partial charge is 0.481 e. The lowest BCUT2D eigenvalue weighted by atomic mass is 9.72. The fourth-order valence-corrected chi connectivity index (χ4v) is 5.79. The SMILES string of the molecule is [B][N+]12CCC(CC1)C1(CN=C(Nc3nc4c(s3)CCCC4)O1)C2. The maximum absolute atomic E-state index is 6.49. The third-order valence-corrected chi connectivity index (χ3v) is 7.09. The van der Waals surface area contributed by atoms with Crippen LogP contribution >= 0.6 is 11.3 Å². The Bertz CT molecular complexity index is 644. The number of anilines is 1. The maximum Gasteiger partial charge on any atom is 0.481 e. The molecule has 0 aromatic carbocycles. The third-order valence-electron chi connectivity index (χ3n) is 6.02. The molecule has 1 aliphatic carbocycles. The fraction of sp³-hybridized carbons (Fsp3) is 0.750. The van der Waals surface area contributed by atoms with Gasteiger partial charge in [0, 0.05) is 23.6 Å². The van der Waals surface area contributed by atoms with Gasteiger partial charge in [0.1, 0.15) is 6.54 Å². The van der Waals surface area contributed by atoms with Crippen LogP contribution in [0.2, 0.25) is 0 Å². The standard InChI is InChI=1S/C16H22BN4OS/c17-21-7-5-11(6-8-21)16(10-21)9-18-14(22-16)20-15-19-12-3-1-2-4-13(12)23-15/h11H,1-10H2,(H,18,19,20)/q+1. The van der Waals surface area contributed by atoms with Gasteiger partial charge < -0.3 is 9.13 Å². The van der Waals surface area contributed by atoms with Gasteiger partial charge in [0.05, 0.1) is 25.3 Å². The van der Waals surface area contributed by atoms with E-state index in [1.54, 1.807) is 11.3 Å². The van der Waals surface area contributed by atoms with Gasteiger partial charge in [0.15, 0.2) is 10.7 Å². The second kappa shape index (κ2) is 4.96. The Balaban J connectivity index is 1.31. The molecule has 0 saturated carbocycles. The molecule has 2 bridgehead atoms. The Hall–Kier alpha value is -1.08. The number of hydrogen-bond acceptors (Lipinski definition) is 5. The minimum Gasteiger partial charge on any atom is -0.450 e. The molecule has 1 unspecified atom stereocenters. The number of quaternary nitrogens is 1. The number of rotatable bonds is 1. The van der Waals surface area contributed by atoms with Crippen molar-refractivity contribution in [3.8, 4) is 0 Å². The molecule has 0 amide bonds. The van der Waals surface area contributed by atoms with Gasteiger partial charge in [-0.2, -0.15) is 0 Å². The number of ether oxygens (including phenoxy) is 1. The van der Waals surface area contributed by atoms with Crippen molar-refractivity contribution in [2.45, 2.75) is 44.1 Å². The Kier molecular flexibility index (Phi) is 3.08. The highest BCUT2D eigenvalue weighted by atomic mass is 32.1. The molecule has 3 fully saturated rings. The quantitative estimate of drug-likeness (QED) is 0.801. The van der Waals surface area contributed by atoms with Crippen molar-refractivity contribution >= 4 is 30.5 Å². The van der Waals surface area contributed by atoms with Crippen molar-refractivity contribution in [1.82, 2.24) is 4.98 Å². The van der Waals surface area contributed by atoms with Gasteiger partial charge in [-0.25, -0.2) is 9.98 Å². The highest BCUT2D eigenvalue weighted by molar-refractivity contribution is 7.15. The van der Waals surface area contributed by atoms with Crippen LogP contribution in [0.15, 0.2) is 4.99 Å². The summed E-state index contributed by atoms with van der Waals surface area (Å²) in [7, 11) is 6.49. The zero-order chi connectivity index (χ0) is 15.5. The van der Waals surface area contributed by atoms with E-state index in [2.05, 4.69) is 10.3 Å². The molecule has 7 heteroatoms. The van der Waals surface area contributed by atoms with E-state index in [4.69, 9.17) is 17.7 Å². The topological polar surface area (TPSA) is 46.5 Å². The van der Waals surface area contributed by atoms with Crippen molar-refractivity contribution in [2.24, 2.45) is 10.9 Å². The third kappa shape index (κ3) is 2.31.